The Kier molecular flexibility index (Phi) is 12.8. The van der Waals surface area contributed by atoms with E-state index in [4.69, 9.17) is 4.74 Å². The number of nitrogens with zero attached hydrogens (tertiary/aromatic N) is 1. The van der Waals surface area contributed by atoms with Crippen LogP contribution in [0.5, 0.6) is 0 Å². The molecule has 0 radical (unpaired) electrons. The number of nitrogens with one attached hydrogen (secondary N) is 2. The average Bonchev–Trinajstić information content (AvgIpc) is 2.74. The van der Waals surface area contributed by atoms with E-state index in [-0.39, 0.29) is 17.7 Å². The van der Waals surface area contributed by atoms with Gasteiger partial charge in [-0.15, -0.1) is 0 Å². The van der Waals surface area contributed by atoms with E-state index < -0.39 is 23.8 Å². The second-order valence-electron chi connectivity index (χ2n) is 10.7. The van der Waals surface area contributed by atoms with E-state index in [0.717, 1.165) is 30.4 Å². The third-order valence-corrected chi connectivity index (χ3v) is 5.44. The molecule has 198 valence electrons. The SMILES string of the molecule is CCCCCNC(=O)C(c1cccc(C)c1)N(CCC)C(=O)C(CC(C)C)NC(=O)OC(C)(C)C. The molecule has 1 aromatic rings. The molecule has 2 atom stereocenters. The van der Waals surface area contributed by atoms with Crippen LogP contribution in [0.3, 0.4) is 0 Å². The van der Waals surface area contributed by atoms with Gasteiger partial charge in [-0.3, -0.25) is 9.59 Å². The maximum absolute atomic E-state index is 13.9. The molecule has 0 aromatic heterocycles. The van der Waals surface area contributed by atoms with Crippen molar-refractivity contribution < 1.29 is 19.1 Å². The highest BCUT2D eigenvalue weighted by Gasteiger charge is 2.36. The third-order valence-electron chi connectivity index (χ3n) is 5.44. The van der Waals surface area contributed by atoms with Crippen LogP contribution in [0.2, 0.25) is 0 Å². The number of hydrogen-bond acceptors (Lipinski definition) is 4. The number of carbonyl (C=O) groups is 3. The molecular formula is C28H47N3O4. The molecule has 0 aliphatic heterocycles. The van der Waals surface area contributed by atoms with Crippen molar-refractivity contribution in [1.82, 2.24) is 15.5 Å². The first-order valence-electron chi connectivity index (χ1n) is 13.0. The third kappa shape index (κ3) is 11.1. The molecule has 0 bridgehead atoms. The molecule has 0 saturated carbocycles. The van der Waals surface area contributed by atoms with Crippen LogP contribution < -0.4 is 10.6 Å². The van der Waals surface area contributed by atoms with E-state index in [1.54, 1.807) is 25.7 Å². The summed E-state index contributed by atoms with van der Waals surface area (Å²) in [7, 11) is 0. The Morgan fingerprint density at radius 2 is 1.74 bits per heavy atom. The van der Waals surface area contributed by atoms with Crippen molar-refractivity contribution in [3.05, 3.63) is 35.4 Å². The molecule has 7 heteroatoms. The lowest BCUT2D eigenvalue weighted by molar-refractivity contribution is -0.142. The Labute approximate surface area is 212 Å². The first kappa shape index (κ1) is 30.5. The van der Waals surface area contributed by atoms with Crippen molar-refractivity contribution in [2.75, 3.05) is 13.1 Å². The summed E-state index contributed by atoms with van der Waals surface area (Å²) in [6, 6.07) is 6.14. The topological polar surface area (TPSA) is 87.7 Å². The maximum Gasteiger partial charge on any atom is 0.408 e. The van der Waals surface area contributed by atoms with Gasteiger partial charge < -0.3 is 20.3 Å². The fourth-order valence-electron chi connectivity index (χ4n) is 3.95. The van der Waals surface area contributed by atoms with Crippen LogP contribution in [0.1, 0.15) is 97.7 Å². The van der Waals surface area contributed by atoms with Crippen molar-refractivity contribution in [1.29, 1.82) is 0 Å². The summed E-state index contributed by atoms with van der Waals surface area (Å²) in [5, 5.41) is 5.81. The van der Waals surface area contributed by atoms with E-state index in [9.17, 15) is 14.4 Å². The molecule has 7 nitrogen and oxygen atoms in total. The van der Waals surface area contributed by atoms with E-state index in [1.165, 1.54) is 0 Å². The fraction of sp³-hybridized carbons (Fsp3) is 0.679. The molecule has 1 aromatic carbocycles. The predicted octanol–water partition coefficient (Wildman–Crippen LogP) is 5.52. The Bertz CT molecular complexity index is 817. The predicted molar refractivity (Wildman–Crippen MR) is 141 cm³/mol. The maximum atomic E-state index is 13.9. The molecule has 2 N–H and O–H groups in total. The van der Waals surface area contributed by atoms with Crippen molar-refractivity contribution >= 4 is 17.9 Å². The molecule has 0 fully saturated rings. The van der Waals surface area contributed by atoms with Gasteiger partial charge in [-0.2, -0.15) is 0 Å². The average molecular weight is 490 g/mol. The van der Waals surface area contributed by atoms with Crippen LogP contribution in [0.25, 0.3) is 0 Å². The molecule has 1 rings (SSSR count). The van der Waals surface area contributed by atoms with Crippen molar-refractivity contribution in [2.45, 2.75) is 105 Å². The molecule has 35 heavy (non-hydrogen) atoms. The first-order chi connectivity index (χ1) is 16.4. The number of rotatable bonds is 13. The number of hydrogen-bond donors (Lipinski definition) is 2. The minimum atomic E-state index is -0.795. The summed E-state index contributed by atoms with van der Waals surface area (Å²) < 4.78 is 5.42. The summed E-state index contributed by atoms with van der Waals surface area (Å²) in [5.41, 5.74) is 1.10. The van der Waals surface area contributed by atoms with Crippen molar-refractivity contribution in [3.63, 3.8) is 0 Å². The Hall–Kier alpha value is -2.57. The Morgan fingerprint density at radius 3 is 2.29 bits per heavy atom. The second kappa shape index (κ2) is 14.7. The van der Waals surface area contributed by atoms with Crippen LogP contribution >= 0.6 is 0 Å². The summed E-state index contributed by atoms with van der Waals surface area (Å²) in [6.07, 6.45) is 3.47. The van der Waals surface area contributed by atoms with E-state index in [2.05, 4.69) is 17.6 Å². The minimum absolute atomic E-state index is 0.155. The summed E-state index contributed by atoms with van der Waals surface area (Å²) in [4.78, 5) is 41.6. The van der Waals surface area contributed by atoms with Gasteiger partial charge >= 0.3 is 6.09 Å². The Balaban J connectivity index is 3.34. The molecule has 3 amide bonds. The number of ether oxygens (including phenoxy) is 1. The molecule has 0 heterocycles. The number of amides is 3. The largest absolute Gasteiger partial charge is 0.444 e. The number of benzene rings is 1. The van der Waals surface area contributed by atoms with Gasteiger partial charge in [-0.05, 0) is 58.4 Å². The molecule has 0 spiro atoms. The lowest BCUT2D eigenvalue weighted by atomic mass is 9.98. The van der Waals surface area contributed by atoms with Gasteiger partial charge in [0.25, 0.3) is 0 Å². The molecule has 0 aliphatic carbocycles. The lowest BCUT2D eigenvalue weighted by Crippen LogP contribution is -2.53. The second-order valence-corrected chi connectivity index (χ2v) is 10.7. The number of aryl methyl sites for hydroxylation is 1. The van der Waals surface area contributed by atoms with Gasteiger partial charge in [-0.1, -0.05) is 70.4 Å². The zero-order chi connectivity index (χ0) is 26.6. The summed E-state index contributed by atoms with van der Waals surface area (Å²) >= 11 is 0. The molecule has 2 unspecified atom stereocenters. The first-order valence-corrected chi connectivity index (χ1v) is 13.0. The number of unbranched alkanes of at least 4 members (excludes halogenated alkanes) is 2. The zero-order valence-corrected chi connectivity index (χ0v) is 23.1. The minimum Gasteiger partial charge on any atom is -0.444 e. The Morgan fingerprint density at radius 1 is 1.06 bits per heavy atom. The van der Waals surface area contributed by atoms with Crippen molar-refractivity contribution in [3.8, 4) is 0 Å². The number of carbonyl (C=O) groups excluding carboxylic acids is 3. The van der Waals surface area contributed by atoms with E-state index in [0.29, 0.717) is 25.9 Å². The van der Waals surface area contributed by atoms with Crippen LogP contribution in [0.4, 0.5) is 4.79 Å². The quantitative estimate of drug-likeness (QED) is 0.357. The smallest absolute Gasteiger partial charge is 0.408 e. The van der Waals surface area contributed by atoms with Crippen LogP contribution in [-0.4, -0.2) is 47.5 Å². The van der Waals surface area contributed by atoms with Crippen LogP contribution in [-0.2, 0) is 14.3 Å². The molecule has 0 aliphatic rings. The van der Waals surface area contributed by atoms with Gasteiger partial charge in [0.15, 0.2) is 0 Å². The van der Waals surface area contributed by atoms with E-state index >= 15 is 0 Å². The van der Waals surface area contributed by atoms with Crippen molar-refractivity contribution in [2.24, 2.45) is 5.92 Å². The summed E-state index contributed by atoms with van der Waals surface area (Å²) in [5.74, 6) is -0.321. The molecular weight excluding hydrogens is 442 g/mol. The normalized spacial score (nSPS) is 13.2. The standard InChI is InChI=1S/C28H47N3O4/c1-9-11-12-16-29-25(32)24(22-15-13-14-21(5)19-22)31(17-10-2)26(33)23(18-20(3)4)30-27(34)35-28(6,7)8/h13-15,19-20,23-24H,9-12,16-18H2,1-8H3,(H,29,32)(H,30,34). The van der Waals surface area contributed by atoms with Gasteiger partial charge in [0.2, 0.25) is 11.8 Å². The highest BCUT2D eigenvalue weighted by molar-refractivity contribution is 5.92. The summed E-state index contributed by atoms with van der Waals surface area (Å²) in [6.45, 7) is 16.4. The highest BCUT2D eigenvalue weighted by atomic mass is 16.6. The van der Waals surface area contributed by atoms with Gasteiger partial charge in [0, 0.05) is 13.1 Å². The molecule has 0 saturated heterocycles. The zero-order valence-electron chi connectivity index (χ0n) is 23.1. The van der Waals surface area contributed by atoms with E-state index in [1.807, 2.05) is 52.0 Å². The van der Waals surface area contributed by atoms with Gasteiger partial charge in [0.05, 0.1) is 0 Å². The van der Waals surface area contributed by atoms with Crippen LogP contribution in [0.15, 0.2) is 24.3 Å². The monoisotopic (exact) mass is 489 g/mol. The fourth-order valence-corrected chi connectivity index (χ4v) is 3.95. The van der Waals surface area contributed by atoms with Crippen LogP contribution in [0, 0.1) is 12.8 Å². The lowest BCUT2D eigenvalue weighted by Gasteiger charge is -2.35. The number of alkyl carbamates (subject to hydrolysis) is 1. The highest BCUT2D eigenvalue weighted by Crippen LogP contribution is 2.25. The van der Waals surface area contributed by atoms with Gasteiger partial charge in [-0.25, -0.2) is 4.79 Å². The van der Waals surface area contributed by atoms with Gasteiger partial charge in [0.1, 0.15) is 17.7 Å².